The zero-order valence-electron chi connectivity index (χ0n) is 12.8. The van der Waals surface area contributed by atoms with Crippen LogP contribution in [0.5, 0.6) is 0 Å². The van der Waals surface area contributed by atoms with Gasteiger partial charge < -0.3 is 10.2 Å². The zero-order chi connectivity index (χ0) is 13.2. The molecule has 0 bridgehead atoms. The van der Waals surface area contributed by atoms with E-state index in [1.54, 1.807) is 0 Å². The maximum Gasteiger partial charge on any atom is 0.0105 e. The van der Waals surface area contributed by atoms with Crippen molar-refractivity contribution in [2.45, 2.75) is 58.9 Å². The highest BCUT2D eigenvalue weighted by atomic mass is 15.1. The van der Waals surface area contributed by atoms with Gasteiger partial charge in [0.05, 0.1) is 0 Å². The number of hydrogen-bond acceptors (Lipinski definition) is 2. The minimum absolute atomic E-state index is 0.582. The lowest BCUT2D eigenvalue weighted by molar-refractivity contribution is 0.0904. The van der Waals surface area contributed by atoms with Crippen molar-refractivity contribution in [2.75, 3.05) is 26.7 Å². The number of likely N-dealkylation sites (tertiary alicyclic amines) is 1. The third kappa shape index (κ3) is 3.71. The molecule has 1 saturated heterocycles. The van der Waals surface area contributed by atoms with Crippen molar-refractivity contribution in [3.8, 4) is 0 Å². The van der Waals surface area contributed by atoms with Crippen LogP contribution in [0.25, 0.3) is 0 Å². The third-order valence-electron chi connectivity index (χ3n) is 5.32. The molecule has 1 N–H and O–H groups in total. The molecule has 1 heterocycles. The minimum Gasteiger partial charge on any atom is -0.317 e. The van der Waals surface area contributed by atoms with Gasteiger partial charge in [0.25, 0.3) is 0 Å². The second-order valence-electron chi connectivity index (χ2n) is 7.54. The van der Waals surface area contributed by atoms with Crippen molar-refractivity contribution in [3.05, 3.63) is 0 Å². The van der Waals surface area contributed by atoms with Crippen molar-refractivity contribution in [1.29, 1.82) is 0 Å². The molecule has 0 aromatic rings. The highest BCUT2D eigenvalue weighted by Gasteiger charge is 2.31. The summed E-state index contributed by atoms with van der Waals surface area (Å²) in [7, 11) is 2.15. The number of piperidine rings is 1. The van der Waals surface area contributed by atoms with Gasteiger partial charge in [0.1, 0.15) is 0 Å². The Morgan fingerprint density at radius 3 is 2.44 bits per heavy atom. The first-order valence-electron chi connectivity index (χ1n) is 7.90. The van der Waals surface area contributed by atoms with Gasteiger partial charge in [-0.05, 0) is 69.5 Å². The van der Waals surface area contributed by atoms with Gasteiger partial charge in [0, 0.05) is 12.6 Å². The van der Waals surface area contributed by atoms with E-state index in [0.29, 0.717) is 5.41 Å². The van der Waals surface area contributed by atoms with E-state index in [0.717, 1.165) is 17.9 Å². The zero-order valence-corrected chi connectivity index (χ0v) is 12.8. The van der Waals surface area contributed by atoms with Gasteiger partial charge in [-0.2, -0.15) is 0 Å². The lowest BCUT2D eigenvalue weighted by Gasteiger charge is -2.42. The van der Waals surface area contributed by atoms with E-state index in [1.165, 1.54) is 51.7 Å². The Morgan fingerprint density at radius 2 is 1.83 bits per heavy atom. The summed E-state index contributed by atoms with van der Waals surface area (Å²) in [5.41, 5.74) is 0.582. The van der Waals surface area contributed by atoms with Crippen LogP contribution >= 0.6 is 0 Å². The van der Waals surface area contributed by atoms with Gasteiger partial charge in [-0.3, -0.25) is 0 Å². The van der Waals surface area contributed by atoms with Gasteiger partial charge in [0.2, 0.25) is 0 Å². The van der Waals surface area contributed by atoms with Crippen molar-refractivity contribution in [3.63, 3.8) is 0 Å². The summed E-state index contributed by atoms with van der Waals surface area (Å²) >= 11 is 0. The highest BCUT2D eigenvalue weighted by Crippen LogP contribution is 2.33. The first-order chi connectivity index (χ1) is 8.50. The van der Waals surface area contributed by atoms with E-state index < -0.39 is 0 Å². The quantitative estimate of drug-likeness (QED) is 0.830. The summed E-state index contributed by atoms with van der Waals surface area (Å²) in [4.78, 5) is 2.72. The van der Waals surface area contributed by atoms with Crippen molar-refractivity contribution < 1.29 is 0 Å². The molecule has 18 heavy (non-hydrogen) atoms. The van der Waals surface area contributed by atoms with Crippen molar-refractivity contribution >= 4 is 0 Å². The Hall–Kier alpha value is -0.0800. The summed E-state index contributed by atoms with van der Waals surface area (Å²) in [6.07, 6.45) is 6.96. The van der Waals surface area contributed by atoms with Crippen molar-refractivity contribution in [2.24, 2.45) is 17.3 Å². The van der Waals surface area contributed by atoms with E-state index in [2.05, 4.69) is 38.0 Å². The summed E-state index contributed by atoms with van der Waals surface area (Å²) in [5, 5.41) is 3.55. The Labute approximate surface area is 114 Å². The molecular formula is C16H32N2. The molecular weight excluding hydrogens is 220 g/mol. The maximum absolute atomic E-state index is 3.55. The molecule has 2 aliphatic rings. The SMILES string of the molecule is CNC1CCC(C)CC1CN1CCC(C)(C)CC1. The second kappa shape index (κ2) is 5.92. The summed E-state index contributed by atoms with van der Waals surface area (Å²) < 4.78 is 0. The van der Waals surface area contributed by atoms with Crippen LogP contribution in [0.2, 0.25) is 0 Å². The Kier molecular flexibility index (Phi) is 4.71. The van der Waals surface area contributed by atoms with Crippen LogP contribution in [0.15, 0.2) is 0 Å². The molecule has 2 rings (SSSR count). The first-order valence-corrected chi connectivity index (χ1v) is 7.90. The van der Waals surface area contributed by atoms with Crippen LogP contribution in [-0.2, 0) is 0 Å². The molecule has 0 amide bonds. The van der Waals surface area contributed by atoms with E-state index in [-0.39, 0.29) is 0 Å². The molecule has 2 nitrogen and oxygen atoms in total. The second-order valence-corrected chi connectivity index (χ2v) is 7.54. The minimum atomic E-state index is 0.582. The molecule has 3 unspecified atom stereocenters. The number of nitrogens with zero attached hydrogens (tertiary/aromatic N) is 1. The van der Waals surface area contributed by atoms with Crippen LogP contribution < -0.4 is 5.32 Å². The fourth-order valence-electron chi connectivity index (χ4n) is 3.75. The molecule has 1 aliphatic heterocycles. The average Bonchev–Trinajstić information content (AvgIpc) is 2.32. The molecule has 0 radical (unpaired) electrons. The molecule has 3 atom stereocenters. The Balaban J connectivity index is 1.84. The average molecular weight is 252 g/mol. The maximum atomic E-state index is 3.55. The van der Waals surface area contributed by atoms with Gasteiger partial charge in [-0.1, -0.05) is 20.8 Å². The lowest BCUT2D eigenvalue weighted by Crippen LogP contribution is -2.47. The van der Waals surface area contributed by atoms with Gasteiger partial charge in [-0.15, -0.1) is 0 Å². The number of nitrogens with one attached hydrogen (secondary N) is 1. The largest absolute Gasteiger partial charge is 0.317 e. The molecule has 2 fully saturated rings. The monoisotopic (exact) mass is 252 g/mol. The Bertz CT molecular complexity index is 252. The van der Waals surface area contributed by atoms with Gasteiger partial charge >= 0.3 is 0 Å². The first kappa shape index (κ1) is 14.3. The lowest BCUT2D eigenvalue weighted by atomic mass is 9.77. The smallest absolute Gasteiger partial charge is 0.0105 e. The summed E-state index contributed by atoms with van der Waals surface area (Å²) in [6.45, 7) is 11.2. The third-order valence-corrected chi connectivity index (χ3v) is 5.32. The molecule has 0 aromatic carbocycles. The molecule has 0 aromatic heterocycles. The predicted octanol–water partition coefficient (Wildman–Crippen LogP) is 3.13. The van der Waals surface area contributed by atoms with Gasteiger partial charge in [-0.25, -0.2) is 0 Å². The van der Waals surface area contributed by atoms with E-state index in [1.807, 2.05) is 0 Å². The normalized spacial score (nSPS) is 37.7. The fourth-order valence-corrected chi connectivity index (χ4v) is 3.75. The number of hydrogen-bond donors (Lipinski definition) is 1. The summed E-state index contributed by atoms with van der Waals surface area (Å²) in [6, 6.07) is 0.760. The fraction of sp³-hybridized carbons (Fsp3) is 1.00. The van der Waals surface area contributed by atoms with Crippen molar-refractivity contribution in [1.82, 2.24) is 10.2 Å². The van der Waals surface area contributed by atoms with Crippen LogP contribution in [0.1, 0.15) is 52.9 Å². The molecule has 2 heteroatoms. The number of rotatable bonds is 3. The van der Waals surface area contributed by atoms with Gasteiger partial charge in [0.15, 0.2) is 0 Å². The van der Waals surface area contributed by atoms with Crippen LogP contribution in [-0.4, -0.2) is 37.6 Å². The van der Waals surface area contributed by atoms with E-state index in [9.17, 15) is 0 Å². The summed E-state index contributed by atoms with van der Waals surface area (Å²) in [5.74, 6) is 1.81. The van der Waals surface area contributed by atoms with Crippen LogP contribution in [0.3, 0.4) is 0 Å². The molecule has 0 spiro atoms. The molecule has 1 aliphatic carbocycles. The Morgan fingerprint density at radius 1 is 1.17 bits per heavy atom. The highest BCUT2D eigenvalue weighted by molar-refractivity contribution is 4.87. The predicted molar refractivity (Wildman–Crippen MR) is 78.8 cm³/mol. The van der Waals surface area contributed by atoms with Crippen LogP contribution in [0.4, 0.5) is 0 Å². The van der Waals surface area contributed by atoms with E-state index in [4.69, 9.17) is 0 Å². The van der Waals surface area contributed by atoms with E-state index >= 15 is 0 Å². The molecule has 1 saturated carbocycles. The standard InChI is InChI=1S/C16H32N2/c1-13-5-6-15(17-4)14(11-13)12-18-9-7-16(2,3)8-10-18/h13-15,17H,5-12H2,1-4H3. The van der Waals surface area contributed by atoms with Crippen LogP contribution in [0, 0.1) is 17.3 Å². The molecule has 106 valence electrons. The topological polar surface area (TPSA) is 15.3 Å².